The fourth-order valence-corrected chi connectivity index (χ4v) is 4.71. The number of cyclic esters (lactones) is 1. The Morgan fingerprint density at radius 1 is 1.03 bits per heavy atom. The molecular formula is C29H28ClN3O4. The Labute approximate surface area is 220 Å². The molecule has 2 fully saturated rings. The van der Waals surface area contributed by atoms with Crippen molar-refractivity contribution in [1.82, 2.24) is 10.2 Å². The van der Waals surface area contributed by atoms with Gasteiger partial charge in [-0.2, -0.15) is 0 Å². The first kappa shape index (κ1) is 24.8. The van der Waals surface area contributed by atoms with E-state index < -0.39 is 18.2 Å². The van der Waals surface area contributed by atoms with Crippen molar-refractivity contribution in [2.75, 3.05) is 11.9 Å². The van der Waals surface area contributed by atoms with Gasteiger partial charge in [0, 0.05) is 22.8 Å². The van der Waals surface area contributed by atoms with Crippen LogP contribution in [-0.2, 0) is 16.1 Å². The van der Waals surface area contributed by atoms with E-state index in [4.69, 9.17) is 16.3 Å². The summed E-state index contributed by atoms with van der Waals surface area (Å²) in [5.41, 5.74) is 3.49. The third-order valence-corrected chi connectivity index (χ3v) is 6.85. The summed E-state index contributed by atoms with van der Waals surface area (Å²) in [5.74, 6) is -0.0217. The lowest BCUT2D eigenvalue weighted by molar-refractivity contribution is -0.126. The van der Waals surface area contributed by atoms with E-state index in [1.165, 1.54) is 4.90 Å². The van der Waals surface area contributed by atoms with E-state index in [9.17, 15) is 14.4 Å². The Morgan fingerprint density at radius 2 is 1.81 bits per heavy atom. The van der Waals surface area contributed by atoms with E-state index in [-0.39, 0.29) is 18.4 Å². The first-order valence-corrected chi connectivity index (χ1v) is 12.7. The van der Waals surface area contributed by atoms with Gasteiger partial charge in [-0.25, -0.2) is 4.79 Å². The molecule has 3 amide bonds. The van der Waals surface area contributed by atoms with Crippen molar-refractivity contribution in [2.45, 2.75) is 38.5 Å². The number of carbonyl (C=O) groups is 3. The molecule has 3 aromatic rings. The molecule has 1 saturated heterocycles. The normalized spacial score (nSPS) is 18.9. The largest absolute Gasteiger partial charge is 0.438 e. The van der Waals surface area contributed by atoms with Crippen LogP contribution in [0.15, 0.2) is 72.8 Å². The molecule has 2 unspecified atom stereocenters. The lowest BCUT2D eigenvalue weighted by Gasteiger charge is -2.24. The number of hydrogen-bond acceptors (Lipinski definition) is 4. The van der Waals surface area contributed by atoms with Gasteiger partial charge in [0.05, 0.1) is 6.54 Å². The number of carbonyl (C=O) groups excluding carboxylic acids is 3. The van der Waals surface area contributed by atoms with E-state index in [1.807, 2.05) is 31.2 Å². The molecule has 2 atom stereocenters. The Kier molecular flexibility index (Phi) is 7.15. The predicted molar refractivity (Wildman–Crippen MR) is 141 cm³/mol. The quantitative estimate of drug-likeness (QED) is 0.413. The van der Waals surface area contributed by atoms with Gasteiger partial charge in [0.15, 0.2) is 12.1 Å². The van der Waals surface area contributed by atoms with Gasteiger partial charge in [0.2, 0.25) is 5.91 Å². The lowest BCUT2D eigenvalue weighted by Crippen LogP contribution is -2.46. The fraction of sp³-hybridized carbons (Fsp3) is 0.276. The van der Waals surface area contributed by atoms with E-state index >= 15 is 0 Å². The Balaban J connectivity index is 1.40. The summed E-state index contributed by atoms with van der Waals surface area (Å²) in [5, 5.41) is 6.45. The molecule has 0 spiro atoms. The summed E-state index contributed by atoms with van der Waals surface area (Å²) in [4.78, 5) is 40.6. The van der Waals surface area contributed by atoms with Gasteiger partial charge in [-0.15, -0.1) is 0 Å². The van der Waals surface area contributed by atoms with Crippen LogP contribution in [0.4, 0.5) is 10.5 Å². The maximum Gasteiger partial charge on any atom is 0.411 e. The summed E-state index contributed by atoms with van der Waals surface area (Å²) in [6.45, 7) is 2.68. The molecule has 2 aliphatic rings. The van der Waals surface area contributed by atoms with Crippen LogP contribution in [0.25, 0.3) is 0 Å². The number of ether oxygens (including phenoxy) is 1. The van der Waals surface area contributed by atoms with Crippen LogP contribution in [-0.4, -0.2) is 35.4 Å². The van der Waals surface area contributed by atoms with E-state index in [0.29, 0.717) is 34.3 Å². The molecule has 1 aliphatic carbocycles. The highest BCUT2D eigenvalue weighted by atomic mass is 35.5. The van der Waals surface area contributed by atoms with Gasteiger partial charge in [-0.3, -0.25) is 14.5 Å². The van der Waals surface area contributed by atoms with Crippen molar-refractivity contribution in [3.63, 3.8) is 0 Å². The summed E-state index contributed by atoms with van der Waals surface area (Å²) < 4.78 is 5.76. The smallest absolute Gasteiger partial charge is 0.411 e. The minimum Gasteiger partial charge on any atom is -0.438 e. The molecule has 1 aliphatic heterocycles. The molecule has 8 heteroatoms. The number of nitrogens with zero attached hydrogens (tertiary/aromatic N) is 1. The fourth-order valence-electron chi connectivity index (χ4n) is 4.50. The Bertz CT molecular complexity index is 1340. The van der Waals surface area contributed by atoms with Gasteiger partial charge in [-0.05, 0) is 73.2 Å². The van der Waals surface area contributed by atoms with Gasteiger partial charge < -0.3 is 15.4 Å². The highest BCUT2D eigenvalue weighted by molar-refractivity contribution is 6.30. The number of halogens is 1. The van der Waals surface area contributed by atoms with Crippen molar-refractivity contribution in [3.05, 3.63) is 100 Å². The summed E-state index contributed by atoms with van der Waals surface area (Å²) in [6.07, 6.45) is 0.782. The SMILES string of the molecule is Cc1cccc(C(=O)Nc2cccc(C3OC(=O)N(Cc4cccc(Cl)c4)C3C(=O)NCC3CC3)c2)c1. The maximum absolute atomic E-state index is 13.4. The molecular weight excluding hydrogens is 490 g/mol. The zero-order chi connectivity index (χ0) is 25.9. The Hall–Kier alpha value is -3.84. The molecule has 0 radical (unpaired) electrons. The third kappa shape index (κ3) is 5.94. The van der Waals surface area contributed by atoms with Crippen molar-refractivity contribution < 1.29 is 19.1 Å². The van der Waals surface area contributed by atoms with Crippen molar-refractivity contribution in [2.24, 2.45) is 5.92 Å². The monoisotopic (exact) mass is 517 g/mol. The number of amides is 3. The van der Waals surface area contributed by atoms with Crippen LogP contribution in [0.1, 0.15) is 46.0 Å². The molecule has 37 heavy (non-hydrogen) atoms. The minimum absolute atomic E-state index is 0.182. The third-order valence-electron chi connectivity index (χ3n) is 6.61. The zero-order valence-corrected chi connectivity index (χ0v) is 21.2. The number of benzene rings is 3. The minimum atomic E-state index is -0.868. The molecule has 1 saturated carbocycles. The number of aryl methyl sites for hydroxylation is 1. The summed E-state index contributed by atoms with van der Waals surface area (Å²) in [6, 6.07) is 20.7. The molecule has 7 nitrogen and oxygen atoms in total. The molecule has 0 aromatic heterocycles. The summed E-state index contributed by atoms with van der Waals surface area (Å²) >= 11 is 6.15. The van der Waals surface area contributed by atoms with Gasteiger partial charge in [0.25, 0.3) is 5.91 Å². The van der Waals surface area contributed by atoms with Gasteiger partial charge in [0.1, 0.15) is 0 Å². The standard InChI is InChI=1S/C29H28ClN3O4/c1-18-5-2-8-22(13-18)27(34)32-24-10-4-7-21(15-24)26-25(28(35)31-16-19-11-12-19)33(29(36)37-26)17-20-6-3-9-23(30)14-20/h2-10,13-15,19,25-26H,11-12,16-17H2,1H3,(H,31,35)(H,32,34). The molecule has 0 bridgehead atoms. The topological polar surface area (TPSA) is 87.7 Å². The molecule has 5 rings (SSSR count). The van der Waals surface area contributed by atoms with Crippen molar-refractivity contribution in [1.29, 1.82) is 0 Å². The van der Waals surface area contributed by atoms with E-state index in [0.717, 1.165) is 24.0 Å². The summed E-state index contributed by atoms with van der Waals surface area (Å²) in [7, 11) is 0. The van der Waals surface area contributed by atoms with E-state index in [2.05, 4.69) is 10.6 Å². The van der Waals surface area contributed by atoms with Crippen LogP contribution in [0.5, 0.6) is 0 Å². The first-order valence-electron chi connectivity index (χ1n) is 12.3. The second-order valence-electron chi connectivity index (χ2n) is 9.64. The van der Waals surface area contributed by atoms with Crippen molar-refractivity contribution >= 4 is 35.2 Å². The molecule has 190 valence electrons. The molecule has 3 aromatic carbocycles. The van der Waals surface area contributed by atoms with Gasteiger partial charge >= 0.3 is 6.09 Å². The molecule has 1 heterocycles. The predicted octanol–water partition coefficient (Wildman–Crippen LogP) is 5.49. The average Bonchev–Trinajstić information content (AvgIpc) is 3.65. The highest BCUT2D eigenvalue weighted by Crippen LogP contribution is 2.36. The van der Waals surface area contributed by atoms with Crippen LogP contribution in [0.2, 0.25) is 5.02 Å². The second-order valence-corrected chi connectivity index (χ2v) is 10.1. The number of anilines is 1. The second kappa shape index (κ2) is 10.6. The number of nitrogens with one attached hydrogen (secondary N) is 2. The van der Waals surface area contributed by atoms with E-state index in [1.54, 1.807) is 48.5 Å². The average molecular weight is 518 g/mol. The first-order chi connectivity index (χ1) is 17.9. The highest BCUT2D eigenvalue weighted by Gasteiger charge is 2.47. The number of rotatable bonds is 8. The Morgan fingerprint density at radius 3 is 2.57 bits per heavy atom. The number of hydrogen-bond donors (Lipinski definition) is 2. The molecule has 2 N–H and O–H groups in total. The zero-order valence-electron chi connectivity index (χ0n) is 20.4. The van der Waals surface area contributed by atoms with Crippen LogP contribution < -0.4 is 10.6 Å². The lowest BCUT2D eigenvalue weighted by atomic mass is 10.00. The van der Waals surface area contributed by atoms with Crippen LogP contribution >= 0.6 is 11.6 Å². The van der Waals surface area contributed by atoms with Crippen molar-refractivity contribution in [3.8, 4) is 0 Å². The maximum atomic E-state index is 13.4. The van der Waals surface area contributed by atoms with Crippen LogP contribution in [0, 0.1) is 12.8 Å². The van der Waals surface area contributed by atoms with Crippen LogP contribution in [0.3, 0.4) is 0 Å². The van der Waals surface area contributed by atoms with Gasteiger partial charge in [-0.1, -0.05) is 53.6 Å².